The average Bonchev–Trinajstić information content (AvgIpc) is 3.24. The van der Waals surface area contributed by atoms with Crippen LogP contribution in [-0.4, -0.2) is 24.7 Å². The van der Waals surface area contributed by atoms with Crippen molar-refractivity contribution >= 4 is 21.4 Å². The molecule has 2 heterocycles. The van der Waals surface area contributed by atoms with Crippen molar-refractivity contribution < 1.29 is 17.6 Å². The second kappa shape index (κ2) is 7.34. The summed E-state index contributed by atoms with van der Waals surface area (Å²) in [5.74, 6) is 1.19. The van der Waals surface area contributed by atoms with Crippen LogP contribution in [-0.2, 0) is 16.6 Å². The molecule has 0 saturated carbocycles. The van der Waals surface area contributed by atoms with E-state index >= 15 is 0 Å². The number of nitrogens with zero attached hydrogens (tertiary/aromatic N) is 2. The Hall–Kier alpha value is -2.23. The van der Waals surface area contributed by atoms with Crippen LogP contribution in [0.25, 0.3) is 10.8 Å². The first-order chi connectivity index (χ1) is 11.9. The molecule has 0 aliphatic heterocycles. The summed E-state index contributed by atoms with van der Waals surface area (Å²) < 4.78 is 38.1. The van der Waals surface area contributed by atoms with E-state index in [-0.39, 0.29) is 23.4 Å². The molecule has 0 unspecified atom stereocenters. The van der Waals surface area contributed by atoms with Crippen LogP contribution in [0, 0.1) is 0 Å². The molecule has 2 aromatic heterocycles. The highest BCUT2D eigenvalue weighted by molar-refractivity contribution is 7.89. The zero-order chi connectivity index (χ0) is 17.9. The maximum Gasteiger partial charge on any atom is 0.257 e. The molecule has 25 heavy (non-hydrogen) atoms. The summed E-state index contributed by atoms with van der Waals surface area (Å²) in [6.07, 6.45) is 0.0238. The van der Waals surface area contributed by atoms with E-state index in [0.29, 0.717) is 11.6 Å². The molecule has 0 saturated heterocycles. The van der Waals surface area contributed by atoms with Gasteiger partial charge in [-0.05, 0) is 49.6 Å². The molecule has 0 fully saturated rings. The van der Waals surface area contributed by atoms with Gasteiger partial charge in [0.15, 0.2) is 0 Å². The fourth-order valence-electron chi connectivity index (χ4n) is 2.03. The van der Waals surface area contributed by atoms with E-state index < -0.39 is 10.0 Å². The lowest BCUT2D eigenvalue weighted by atomic mass is 10.3. The van der Waals surface area contributed by atoms with E-state index in [4.69, 9.17) is 9.15 Å². The molecule has 132 valence electrons. The second-order valence-corrected chi connectivity index (χ2v) is 8.16. The van der Waals surface area contributed by atoms with Crippen molar-refractivity contribution in [3.63, 3.8) is 0 Å². The Morgan fingerprint density at radius 2 is 1.96 bits per heavy atom. The van der Waals surface area contributed by atoms with Crippen LogP contribution in [0.15, 0.2) is 51.1 Å². The van der Waals surface area contributed by atoms with Gasteiger partial charge in [0.25, 0.3) is 5.89 Å². The van der Waals surface area contributed by atoms with Crippen molar-refractivity contribution in [2.24, 2.45) is 0 Å². The summed E-state index contributed by atoms with van der Waals surface area (Å²) in [5.41, 5.74) is 0. The van der Waals surface area contributed by atoms with E-state index in [1.54, 1.807) is 12.1 Å². The number of benzene rings is 1. The second-order valence-electron chi connectivity index (χ2n) is 5.44. The average molecular weight is 379 g/mol. The van der Waals surface area contributed by atoms with E-state index in [9.17, 15) is 8.42 Å². The standard InChI is InChI=1S/C16H17N3O4S2/c1-11(2)22-12-5-7-13(8-6-12)25(20,21)17-10-15-18-19-16(23-15)14-4-3-9-24-14/h3-9,11,17H,10H2,1-2H3. The number of aromatic nitrogens is 2. The van der Waals surface area contributed by atoms with Gasteiger partial charge in [-0.3, -0.25) is 0 Å². The largest absolute Gasteiger partial charge is 0.491 e. The highest BCUT2D eigenvalue weighted by atomic mass is 32.2. The summed E-state index contributed by atoms with van der Waals surface area (Å²) in [6.45, 7) is 3.73. The van der Waals surface area contributed by atoms with Gasteiger partial charge in [-0.1, -0.05) is 6.07 Å². The third-order valence-electron chi connectivity index (χ3n) is 3.12. The molecule has 1 aromatic carbocycles. The number of nitrogens with one attached hydrogen (secondary N) is 1. The van der Waals surface area contributed by atoms with Crippen LogP contribution in [0.1, 0.15) is 19.7 Å². The first-order valence-corrected chi connectivity index (χ1v) is 9.93. The molecule has 3 rings (SSSR count). The van der Waals surface area contributed by atoms with Crippen molar-refractivity contribution in [3.05, 3.63) is 47.7 Å². The summed E-state index contributed by atoms with van der Waals surface area (Å²) in [4.78, 5) is 0.976. The lowest BCUT2D eigenvalue weighted by Crippen LogP contribution is -2.23. The van der Waals surface area contributed by atoms with E-state index in [0.717, 1.165) is 4.88 Å². The Balaban J connectivity index is 1.65. The van der Waals surface area contributed by atoms with Crippen LogP contribution in [0.2, 0.25) is 0 Å². The number of thiophene rings is 1. The summed E-state index contributed by atoms with van der Waals surface area (Å²) in [7, 11) is -3.68. The van der Waals surface area contributed by atoms with Crippen LogP contribution in [0.5, 0.6) is 5.75 Å². The number of hydrogen-bond acceptors (Lipinski definition) is 7. The Bertz CT molecular complexity index is 917. The van der Waals surface area contributed by atoms with Gasteiger partial charge < -0.3 is 9.15 Å². The Morgan fingerprint density at radius 3 is 2.60 bits per heavy atom. The fourth-order valence-corrected chi connectivity index (χ4v) is 3.65. The third-order valence-corrected chi connectivity index (χ3v) is 5.39. The molecule has 0 radical (unpaired) electrons. The van der Waals surface area contributed by atoms with Gasteiger partial charge in [-0.25, -0.2) is 13.1 Å². The number of rotatable bonds is 7. The van der Waals surface area contributed by atoms with Gasteiger partial charge in [0, 0.05) is 0 Å². The highest BCUT2D eigenvalue weighted by Gasteiger charge is 2.16. The molecule has 0 amide bonds. The Labute approximate surface area is 149 Å². The van der Waals surface area contributed by atoms with Crippen molar-refractivity contribution in [1.29, 1.82) is 0 Å². The monoisotopic (exact) mass is 379 g/mol. The summed E-state index contributed by atoms with van der Waals surface area (Å²) >= 11 is 1.47. The third kappa shape index (κ3) is 4.44. The van der Waals surface area contributed by atoms with Crippen LogP contribution in [0.4, 0.5) is 0 Å². The van der Waals surface area contributed by atoms with Crippen molar-refractivity contribution in [1.82, 2.24) is 14.9 Å². The molecule has 7 nitrogen and oxygen atoms in total. The minimum Gasteiger partial charge on any atom is -0.491 e. The SMILES string of the molecule is CC(C)Oc1ccc(S(=O)(=O)NCc2nnc(-c3cccs3)o2)cc1. The fraction of sp³-hybridized carbons (Fsp3) is 0.250. The van der Waals surface area contributed by atoms with Gasteiger partial charge in [-0.15, -0.1) is 21.5 Å². The van der Waals surface area contributed by atoms with E-state index in [1.165, 1.54) is 23.5 Å². The number of sulfonamides is 1. The van der Waals surface area contributed by atoms with Gasteiger partial charge in [0.05, 0.1) is 22.4 Å². The first kappa shape index (κ1) is 17.6. The summed E-state index contributed by atoms with van der Waals surface area (Å²) in [5, 5.41) is 9.67. The van der Waals surface area contributed by atoms with E-state index in [2.05, 4.69) is 14.9 Å². The van der Waals surface area contributed by atoms with Crippen molar-refractivity contribution in [3.8, 4) is 16.5 Å². The maximum absolute atomic E-state index is 12.3. The molecular formula is C16H17N3O4S2. The van der Waals surface area contributed by atoms with Crippen LogP contribution >= 0.6 is 11.3 Å². The quantitative estimate of drug-likeness (QED) is 0.678. The molecule has 0 atom stereocenters. The van der Waals surface area contributed by atoms with Crippen molar-refractivity contribution in [2.75, 3.05) is 0 Å². The molecular weight excluding hydrogens is 362 g/mol. The minimum atomic E-state index is -3.68. The number of ether oxygens (including phenoxy) is 1. The molecule has 0 spiro atoms. The highest BCUT2D eigenvalue weighted by Crippen LogP contribution is 2.23. The molecule has 3 aromatic rings. The lowest BCUT2D eigenvalue weighted by molar-refractivity contribution is 0.242. The summed E-state index contributed by atoms with van der Waals surface area (Å²) in [6, 6.07) is 9.95. The molecule has 0 aliphatic rings. The van der Waals surface area contributed by atoms with Crippen molar-refractivity contribution in [2.45, 2.75) is 31.4 Å². The number of hydrogen-bond donors (Lipinski definition) is 1. The zero-order valence-electron chi connectivity index (χ0n) is 13.7. The Kier molecular flexibility index (Phi) is 5.16. The van der Waals surface area contributed by atoms with Crippen LogP contribution < -0.4 is 9.46 Å². The van der Waals surface area contributed by atoms with Gasteiger partial charge in [0.1, 0.15) is 5.75 Å². The normalized spacial score (nSPS) is 11.8. The van der Waals surface area contributed by atoms with E-state index in [1.807, 2.05) is 31.4 Å². The smallest absolute Gasteiger partial charge is 0.257 e. The topological polar surface area (TPSA) is 94.3 Å². The predicted octanol–water partition coefficient (Wildman–Crippen LogP) is 3.06. The first-order valence-electron chi connectivity index (χ1n) is 7.57. The van der Waals surface area contributed by atoms with Gasteiger partial charge in [-0.2, -0.15) is 0 Å². The molecule has 1 N–H and O–H groups in total. The zero-order valence-corrected chi connectivity index (χ0v) is 15.3. The molecule has 0 aliphatic carbocycles. The van der Waals surface area contributed by atoms with Gasteiger partial charge in [0.2, 0.25) is 15.9 Å². The van der Waals surface area contributed by atoms with Crippen LogP contribution in [0.3, 0.4) is 0 Å². The maximum atomic E-state index is 12.3. The minimum absolute atomic E-state index is 0.0238. The Morgan fingerprint density at radius 1 is 1.20 bits per heavy atom. The predicted molar refractivity (Wildman–Crippen MR) is 93.8 cm³/mol. The molecule has 9 heteroatoms. The molecule has 0 bridgehead atoms. The van der Waals surface area contributed by atoms with Gasteiger partial charge >= 0.3 is 0 Å². The lowest BCUT2D eigenvalue weighted by Gasteiger charge is -2.10.